The van der Waals surface area contributed by atoms with E-state index in [1.54, 1.807) is 12.3 Å². The molecule has 0 aromatic carbocycles. The predicted octanol–water partition coefficient (Wildman–Crippen LogP) is 1.87. The molecular formula is C9H8Br2N2O3. The van der Waals surface area contributed by atoms with Crippen molar-refractivity contribution in [1.29, 1.82) is 0 Å². The molecule has 1 aromatic rings. The van der Waals surface area contributed by atoms with Gasteiger partial charge in [0.2, 0.25) is 6.41 Å². The summed E-state index contributed by atoms with van der Waals surface area (Å²) < 4.78 is 1.41. The first-order valence-electron chi connectivity index (χ1n) is 4.27. The Morgan fingerprint density at radius 1 is 1.62 bits per heavy atom. The third-order valence-electron chi connectivity index (χ3n) is 1.81. The highest BCUT2D eigenvalue weighted by Gasteiger charge is 2.18. The van der Waals surface area contributed by atoms with E-state index in [2.05, 4.69) is 42.2 Å². The lowest BCUT2D eigenvalue weighted by Crippen LogP contribution is -2.23. The van der Waals surface area contributed by atoms with Crippen LogP contribution >= 0.6 is 31.9 Å². The summed E-state index contributed by atoms with van der Waals surface area (Å²) in [6.07, 6.45) is 1.79. The first-order chi connectivity index (χ1) is 7.54. The molecule has 0 bridgehead atoms. The maximum atomic E-state index is 10.6. The van der Waals surface area contributed by atoms with Gasteiger partial charge in [-0.25, -0.2) is 0 Å². The number of nitrogens with one attached hydrogen (secondary N) is 1. The minimum atomic E-state index is -1.00. The van der Waals surface area contributed by atoms with Crippen LogP contribution in [0.4, 0.5) is 0 Å². The molecule has 0 saturated heterocycles. The Hall–Kier alpha value is -0.950. The van der Waals surface area contributed by atoms with Crippen molar-refractivity contribution in [1.82, 2.24) is 10.3 Å². The van der Waals surface area contributed by atoms with Crippen LogP contribution in [-0.2, 0) is 9.59 Å². The molecule has 0 fully saturated rings. The maximum absolute atomic E-state index is 10.6. The summed E-state index contributed by atoms with van der Waals surface area (Å²) in [4.78, 5) is 25.1. The monoisotopic (exact) mass is 350 g/mol. The third-order valence-corrected chi connectivity index (χ3v) is 2.88. The van der Waals surface area contributed by atoms with Gasteiger partial charge in [-0.1, -0.05) is 0 Å². The van der Waals surface area contributed by atoms with Crippen molar-refractivity contribution < 1.29 is 14.7 Å². The number of pyridine rings is 1. The van der Waals surface area contributed by atoms with Crippen LogP contribution in [-0.4, -0.2) is 22.5 Å². The van der Waals surface area contributed by atoms with E-state index < -0.39 is 12.0 Å². The predicted molar refractivity (Wildman–Crippen MR) is 63.8 cm³/mol. The zero-order chi connectivity index (χ0) is 12.1. The minimum Gasteiger partial charge on any atom is -0.481 e. The summed E-state index contributed by atoms with van der Waals surface area (Å²) in [6, 6.07) is 1.10. The molecule has 0 aliphatic carbocycles. The van der Waals surface area contributed by atoms with Gasteiger partial charge >= 0.3 is 5.97 Å². The van der Waals surface area contributed by atoms with Gasteiger partial charge in [-0.3, -0.25) is 14.6 Å². The molecule has 16 heavy (non-hydrogen) atoms. The van der Waals surface area contributed by atoms with Crippen LogP contribution in [0.25, 0.3) is 0 Å². The van der Waals surface area contributed by atoms with Crippen LogP contribution in [0, 0.1) is 0 Å². The van der Waals surface area contributed by atoms with Gasteiger partial charge < -0.3 is 10.4 Å². The van der Waals surface area contributed by atoms with E-state index in [1.807, 2.05) is 0 Å². The lowest BCUT2D eigenvalue weighted by Gasteiger charge is -2.14. The molecule has 5 nitrogen and oxygen atoms in total. The number of nitrogens with zero attached hydrogens (tertiary/aromatic N) is 1. The Morgan fingerprint density at radius 3 is 2.81 bits per heavy atom. The molecule has 7 heteroatoms. The molecule has 1 rings (SSSR count). The normalized spacial score (nSPS) is 11.9. The van der Waals surface area contributed by atoms with Gasteiger partial charge in [0.15, 0.2) is 0 Å². The van der Waals surface area contributed by atoms with Crippen LogP contribution in [0.1, 0.15) is 18.2 Å². The standard InChI is InChI=1S/C9H8Br2N2O3/c10-5-1-6(11)9(12-3-5)7(13-4-14)2-8(15)16/h1,3-4,7H,2H2,(H,13,14)(H,15,16)/t7-/m1/s1. The molecule has 0 saturated carbocycles. The van der Waals surface area contributed by atoms with E-state index >= 15 is 0 Å². The molecule has 0 unspecified atom stereocenters. The maximum Gasteiger partial charge on any atom is 0.305 e. The van der Waals surface area contributed by atoms with E-state index in [1.165, 1.54) is 0 Å². The Kier molecular flexibility index (Phi) is 4.88. The third kappa shape index (κ3) is 3.57. The Bertz CT molecular complexity index is 412. The van der Waals surface area contributed by atoms with E-state index in [4.69, 9.17) is 5.11 Å². The number of carboxylic acids is 1. The Labute approximate surface area is 109 Å². The van der Waals surface area contributed by atoms with Crippen LogP contribution in [0.2, 0.25) is 0 Å². The van der Waals surface area contributed by atoms with E-state index in [0.29, 0.717) is 16.6 Å². The summed E-state index contributed by atoms with van der Waals surface area (Å²) in [5.74, 6) is -1.00. The number of carboxylic acid groups (broad SMARTS) is 1. The summed E-state index contributed by atoms with van der Waals surface area (Å²) >= 11 is 6.50. The zero-order valence-electron chi connectivity index (χ0n) is 7.98. The van der Waals surface area contributed by atoms with Gasteiger partial charge in [-0.15, -0.1) is 0 Å². The summed E-state index contributed by atoms with van der Waals surface area (Å²) in [5, 5.41) is 11.1. The van der Waals surface area contributed by atoms with Crippen LogP contribution < -0.4 is 5.32 Å². The number of rotatable bonds is 5. The highest BCUT2D eigenvalue weighted by molar-refractivity contribution is 9.11. The van der Waals surface area contributed by atoms with Crippen molar-refractivity contribution in [2.75, 3.05) is 0 Å². The fraction of sp³-hybridized carbons (Fsp3) is 0.222. The highest BCUT2D eigenvalue weighted by Crippen LogP contribution is 2.26. The van der Waals surface area contributed by atoms with E-state index in [0.717, 1.165) is 4.47 Å². The molecule has 1 atom stereocenters. The average Bonchev–Trinajstić information content (AvgIpc) is 2.16. The molecular weight excluding hydrogens is 344 g/mol. The van der Waals surface area contributed by atoms with Gasteiger partial charge in [-0.05, 0) is 37.9 Å². The van der Waals surface area contributed by atoms with Crippen molar-refractivity contribution in [3.63, 3.8) is 0 Å². The lowest BCUT2D eigenvalue weighted by molar-refractivity contribution is -0.137. The highest BCUT2D eigenvalue weighted by atomic mass is 79.9. The van der Waals surface area contributed by atoms with Crippen LogP contribution in [0.5, 0.6) is 0 Å². The second-order valence-electron chi connectivity index (χ2n) is 2.96. The van der Waals surface area contributed by atoms with Gasteiger partial charge in [0.05, 0.1) is 18.2 Å². The minimum absolute atomic E-state index is 0.216. The largest absolute Gasteiger partial charge is 0.481 e. The molecule has 1 amide bonds. The Balaban J connectivity index is 3.00. The quantitative estimate of drug-likeness (QED) is 0.794. The first-order valence-corrected chi connectivity index (χ1v) is 5.85. The van der Waals surface area contributed by atoms with Gasteiger partial charge in [-0.2, -0.15) is 0 Å². The molecule has 86 valence electrons. The number of amides is 1. The fourth-order valence-electron chi connectivity index (χ4n) is 1.17. The lowest BCUT2D eigenvalue weighted by atomic mass is 10.1. The molecule has 0 spiro atoms. The molecule has 0 radical (unpaired) electrons. The zero-order valence-corrected chi connectivity index (χ0v) is 11.2. The number of hydrogen-bond acceptors (Lipinski definition) is 3. The SMILES string of the molecule is O=CN[C@H](CC(=O)O)c1ncc(Br)cc1Br. The topological polar surface area (TPSA) is 79.3 Å². The number of aromatic nitrogens is 1. The second-order valence-corrected chi connectivity index (χ2v) is 4.73. The van der Waals surface area contributed by atoms with Crippen molar-refractivity contribution in [3.05, 3.63) is 26.9 Å². The van der Waals surface area contributed by atoms with E-state index in [-0.39, 0.29) is 6.42 Å². The van der Waals surface area contributed by atoms with Crippen molar-refractivity contribution >= 4 is 44.2 Å². The van der Waals surface area contributed by atoms with Crippen LogP contribution in [0.3, 0.4) is 0 Å². The van der Waals surface area contributed by atoms with Crippen molar-refractivity contribution in [2.45, 2.75) is 12.5 Å². The molecule has 2 N–H and O–H groups in total. The molecule has 0 aliphatic rings. The number of carbonyl (C=O) groups is 2. The number of carbonyl (C=O) groups excluding carboxylic acids is 1. The molecule has 1 aromatic heterocycles. The second kappa shape index (κ2) is 5.95. The number of aliphatic carboxylic acids is 1. The van der Waals surface area contributed by atoms with Crippen LogP contribution in [0.15, 0.2) is 21.2 Å². The van der Waals surface area contributed by atoms with E-state index in [9.17, 15) is 9.59 Å². The van der Waals surface area contributed by atoms with Gasteiger partial charge in [0, 0.05) is 15.1 Å². The van der Waals surface area contributed by atoms with Gasteiger partial charge in [0.1, 0.15) is 0 Å². The number of hydrogen-bond donors (Lipinski definition) is 2. The fourth-order valence-corrected chi connectivity index (χ4v) is 2.44. The molecule has 1 heterocycles. The molecule has 0 aliphatic heterocycles. The number of halogens is 2. The van der Waals surface area contributed by atoms with Gasteiger partial charge in [0.25, 0.3) is 0 Å². The summed E-state index contributed by atoms with van der Waals surface area (Å²) in [7, 11) is 0. The smallest absolute Gasteiger partial charge is 0.305 e. The average molecular weight is 352 g/mol. The summed E-state index contributed by atoms with van der Waals surface area (Å²) in [6.45, 7) is 0. The van der Waals surface area contributed by atoms with Crippen molar-refractivity contribution in [3.8, 4) is 0 Å². The first kappa shape index (κ1) is 13.1. The Morgan fingerprint density at radius 2 is 2.31 bits per heavy atom. The summed E-state index contributed by atoms with van der Waals surface area (Å²) in [5.41, 5.74) is 0.484. The van der Waals surface area contributed by atoms with Crippen molar-refractivity contribution in [2.24, 2.45) is 0 Å².